The first-order valence-corrected chi connectivity index (χ1v) is 3.24. The van der Waals surface area contributed by atoms with Crippen molar-refractivity contribution in [2.24, 2.45) is 5.73 Å². The van der Waals surface area contributed by atoms with Crippen LogP contribution in [0.1, 0.15) is 13.3 Å². The van der Waals surface area contributed by atoms with Crippen molar-refractivity contribution >= 4 is 5.97 Å². The van der Waals surface area contributed by atoms with Crippen molar-refractivity contribution < 1.29 is 14.6 Å². The van der Waals surface area contributed by atoms with Crippen LogP contribution in [-0.4, -0.2) is 30.3 Å². The summed E-state index contributed by atoms with van der Waals surface area (Å²) in [4.78, 5) is 10.1. The first kappa shape index (κ1) is 9.39. The molecule has 0 bridgehead atoms. The number of hydrogen-bond acceptors (Lipinski definition) is 3. The van der Waals surface area contributed by atoms with E-state index in [-0.39, 0.29) is 6.61 Å². The molecule has 10 heavy (non-hydrogen) atoms. The highest BCUT2D eigenvalue weighted by atomic mass is 16.5. The third kappa shape index (κ3) is 4.29. The second-order valence-electron chi connectivity index (χ2n) is 2.02. The normalized spacial score (nSPS) is 13.0. The van der Waals surface area contributed by atoms with E-state index in [1.165, 1.54) is 0 Å². The molecule has 0 aromatic rings. The van der Waals surface area contributed by atoms with Gasteiger partial charge in [0.25, 0.3) is 0 Å². The van der Waals surface area contributed by atoms with Crippen molar-refractivity contribution in [3.05, 3.63) is 0 Å². The molecule has 0 aliphatic rings. The van der Waals surface area contributed by atoms with E-state index in [0.717, 1.165) is 6.42 Å². The molecule has 0 aliphatic heterocycles. The fourth-order valence-corrected chi connectivity index (χ4v) is 0.426. The molecule has 0 aliphatic carbocycles. The molecule has 0 saturated heterocycles. The molecule has 60 valence electrons. The summed E-state index contributed by atoms with van der Waals surface area (Å²) in [7, 11) is 0. The number of hydrogen-bond donors (Lipinski definition) is 2. The SMILES string of the molecule is CCCOCC(N)C(=O)O. The predicted molar refractivity (Wildman–Crippen MR) is 36.7 cm³/mol. The molecule has 0 aromatic heterocycles. The van der Waals surface area contributed by atoms with Crippen molar-refractivity contribution in [2.75, 3.05) is 13.2 Å². The van der Waals surface area contributed by atoms with Crippen LogP contribution in [0.15, 0.2) is 0 Å². The Kier molecular flexibility index (Phi) is 4.88. The second kappa shape index (κ2) is 5.20. The lowest BCUT2D eigenvalue weighted by Crippen LogP contribution is -2.34. The van der Waals surface area contributed by atoms with Gasteiger partial charge in [0.1, 0.15) is 6.04 Å². The lowest BCUT2D eigenvalue weighted by atomic mass is 10.3. The maximum atomic E-state index is 10.1. The largest absolute Gasteiger partial charge is 0.480 e. The van der Waals surface area contributed by atoms with E-state index in [1.54, 1.807) is 0 Å². The van der Waals surface area contributed by atoms with E-state index in [1.807, 2.05) is 6.92 Å². The summed E-state index contributed by atoms with van der Waals surface area (Å²) in [5.41, 5.74) is 5.13. The van der Waals surface area contributed by atoms with Gasteiger partial charge in [0, 0.05) is 6.61 Å². The van der Waals surface area contributed by atoms with Gasteiger partial charge in [0.15, 0.2) is 0 Å². The molecule has 1 unspecified atom stereocenters. The molecule has 0 radical (unpaired) electrons. The van der Waals surface area contributed by atoms with Gasteiger partial charge < -0.3 is 15.6 Å². The molecule has 0 fully saturated rings. The number of carbonyl (C=O) groups is 1. The predicted octanol–water partition coefficient (Wildman–Crippen LogP) is -0.175. The quantitative estimate of drug-likeness (QED) is 0.529. The van der Waals surface area contributed by atoms with Crippen molar-refractivity contribution in [3.63, 3.8) is 0 Å². The Balaban J connectivity index is 3.21. The monoisotopic (exact) mass is 147 g/mol. The van der Waals surface area contributed by atoms with Gasteiger partial charge >= 0.3 is 5.97 Å². The Bertz CT molecular complexity index is 105. The fraction of sp³-hybridized carbons (Fsp3) is 0.833. The van der Waals surface area contributed by atoms with Crippen LogP contribution in [0, 0.1) is 0 Å². The summed E-state index contributed by atoms with van der Waals surface area (Å²) in [6.07, 6.45) is 0.881. The van der Waals surface area contributed by atoms with Crippen LogP contribution in [0.25, 0.3) is 0 Å². The highest BCUT2D eigenvalue weighted by Gasteiger charge is 2.09. The van der Waals surface area contributed by atoms with E-state index in [2.05, 4.69) is 0 Å². The standard InChI is InChI=1S/C6H13NO3/c1-2-3-10-4-5(7)6(8)9/h5H,2-4,7H2,1H3,(H,8,9). The fourth-order valence-electron chi connectivity index (χ4n) is 0.426. The average molecular weight is 147 g/mol. The minimum absolute atomic E-state index is 0.100. The number of ether oxygens (including phenoxy) is 1. The van der Waals surface area contributed by atoms with Crippen LogP contribution in [0.4, 0.5) is 0 Å². The minimum Gasteiger partial charge on any atom is -0.480 e. The van der Waals surface area contributed by atoms with Crippen LogP contribution >= 0.6 is 0 Å². The molecule has 1 atom stereocenters. The Labute approximate surface area is 60.0 Å². The number of aliphatic carboxylic acids is 1. The third-order valence-electron chi connectivity index (χ3n) is 0.963. The molecule has 0 saturated carbocycles. The lowest BCUT2D eigenvalue weighted by Gasteiger charge is -2.05. The Morgan fingerprint density at radius 3 is 2.80 bits per heavy atom. The van der Waals surface area contributed by atoms with Gasteiger partial charge in [-0.05, 0) is 6.42 Å². The summed E-state index contributed by atoms with van der Waals surface area (Å²) in [6.45, 7) is 2.62. The molecule has 0 heterocycles. The topological polar surface area (TPSA) is 72.5 Å². The Hall–Kier alpha value is -0.610. The summed E-state index contributed by atoms with van der Waals surface area (Å²) in [6, 6.07) is -0.883. The van der Waals surface area contributed by atoms with E-state index < -0.39 is 12.0 Å². The zero-order valence-electron chi connectivity index (χ0n) is 6.04. The Morgan fingerprint density at radius 1 is 1.80 bits per heavy atom. The Morgan fingerprint density at radius 2 is 2.40 bits per heavy atom. The maximum Gasteiger partial charge on any atom is 0.322 e. The van der Waals surface area contributed by atoms with E-state index in [9.17, 15) is 4.79 Å². The first-order valence-electron chi connectivity index (χ1n) is 3.24. The summed E-state index contributed by atoms with van der Waals surface area (Å²) >= 11 is 0. The second-order valence-corrected chi connectivity index (χ2v) is 2.02. The van der Waals surface area contributed by atoms with Crippen molar-refractivity contribution in [2.45, 2.75) is 19.4 Å². The van der Waals surface area contributed by atoms with Crippen molar-refractivity contribution in [1.82, 2.24) is 0 Å². The van der Waals surface area contributed by atoms with E-state index in [4.69, 9.17) is 15.6 Å². The summed E-state index contributed by atoms with van der Waals surface area (Å²) in [5.74, 6) is -1.02. The van der Waals surface area contributed by atoms with Gasteiger partial charge in [-0.15, -0.1) is 0 Å². The van der Waals surface area contributed by atoms with E-state index in [0.29, 0.717) is 6.61 Å². The molecule has 0 amide bonds. The van der Waals surface area contributed by atoms with Crippen LogP contribution in [0.5, 0.6) is 0 Å². The summed E-state index contributed by atoms with van der Waals surface area (Å²) in [5, 5.41) is 8.28. The number of carboxylic acid groups (broad SMARTS) is 1. The molecule has 0 rings (SSSR count). The van der Waals surface area contributed by atoms with Gasteiger partial charge in [0.2, 0.25) is 0 Å². The lowest BCUT2D eigenvalue weighted by molar-refractivity contribution is -0.140. The molecule has 4 nitrogen and oxygen atoms in total. The van der Waals surface area contributed by atoms with Gasteiger partial charge in [-0.25, -0.2) is 0 Å². The molecule has 4 heteroatoms. The molecular formula is C6H13NO3. The average Bonchev–Trinajstić information content (AvgIpc) is 1.88. The minimum atomic E-state index is -1.02. The first-order chi connectivity index (χ1) is 4.68. The summed E-state index contributed by atoms with van der Waals surface area (Å²) < 4.78 is 4.90. The van der Waals surface area contributed by atoms with Gasteiger partial charge in [-0.2, -0.15) is 0 Å². The maximum absolute atomic E-state index is 10.1. The van der Waals surface area contributed by atoms with Crippen molar-refractivity contribution in [1.29, 1.82) is 0 Å². The number of nitrogens with two attached hydrogens (primary N) is 1. The molecular weight excluding hydrogens is 134 g/mol. The van der Waals surface area contributed by atoms with Crippen molar-refractivity contribution in [3.8, 4) is 0 Å². The van der Waals surface area contributed by atoms with Crippen LogP contribution in [-0.2, 0) is 9.53 Å². The zero-order valence-corrected chi connectivity index (χ0v) is 6.04. The van der Waals surface area contributed by atoms with Gasteiger partial charge in [0.05, 0.1) is 6.61 Å². The van der Waals surface area contributed by atoms with Gasteiger partial charge in [-0.3, -0.25) is 4.79 Å². The molecule has 0 aromatic carbocycles. The van der Waals surface area contributed by atoms with Crippen LogP contribution < -0.4 is 5.73 Å². The van der Waals surface area contributed by atoms with E-state index >= 15 is 0 Å². The van der Waals surface area contributed by atoms with Crippen LogP contribution in [0.3, 0.4) is 0 Å². The molecule has 0 spiro atoms. The highest BCUT2D eigenvalue weighted by Crippen LogP contribution is 1.84. The smallest absolute Gasteiger partial charge is 0.322 e. The van der Waals surface area contributed by atoms with Crippen LogP contribution in [0.2, 0.25) is 0 Å². The van der Waals surface area contributed by atoms with Gasteiger partial charge in [-0.1, -0.05) is 6.92 Å². The zero-order chi connectivity index (χ0) is 7.98. The molecule has 3 N–H and O–H groups in total. The third-order valence-corrected chi connectivity index (χ3v) is 0.963. The highest BCUT2D eigenvalue weighted by molar-refractivity contribution is 5.73. The number of rotatable bonds is 5. The number of carboxylic acids is 1.